The summed E-state index contributed by atoms with van der Waals surface area (Å²) in [6.07, 6.45) is 2.66. The number of rotatable bonds is 6. The van der Waals surface area contributed by atoms with Crippen LogP contribution in [0.1, 0.15) is 25.7 Å². The molecule has 20 heavy (non-hydrogen) atoms. The molecule has 0 fully saturated rings. The van der Waals surface area contributed by atoms with Crippen molar-refractivity contribution in [3.63, 3.8) is 0 Å². The van der Waals surface area contributed by atoms with Crippen LogP contribution in [0, 0.1) is 11.6 Å². The molecule has 0 amide bonds. The van der Waals surface area contributed by atoms with Crippen LogP contribution in [0.3, 0.4) is 0 Å². The van der Waals surface area contributed by atoms with Crippen molar-refractivity contribution in [2.45, 2.75) is 32.2 Å². The van der Waals surface area contributed by atoms with E-state index in [1.165, 1.54) is 6.07 Å². The van der Waals surface area contributed by atoms with Crippen molar-refractivity contribution in [3.8, 4) is 11.4 Å². The molecule has 0 bridgehead atoms. The van der Waals surface area contributed by atoms with Gasteiger partial charge in [0, 0.05) is 18.0 Å². The predicted molar refractivity (Wildman–Crippen MR) is 71.1 cm³/mol. The van der Waals surface area contributed by atoms with Crippen molar-refractivity contribution in [2.75, 3.05) is 7.05 Å². The van der Waals surface area contributed by atoms with Crippen molar-refractivity contribution in [2.24, 2.45) is 0 Å². The summed E-state index contributed by atoms with van der Waals surface area (Å²) in [4.78, 5) is 4.21. The van der Waals surface area contributed by atoms with Gasteiger partial charge >= 0.3 is 0 Å². The molecule has 2 aromatic rings. The molecule has 1 N–H and O–H groups in total. The Morgan fingerprint density at radius 2 is 2.10 bits per heavy atom. The van der Waals surface area contributed by atoms with Crippen LogP contribution in [0.15, 0.2) is 22.7 Å². The average Bonchev–Trinajstić information content (AvgIpc) is 2.90. The zero-order valence-electron chi connectivity index (χ0n) is 11.5. The van der Waals surface area contributed by atoms with Gasteiger partial charge in [-0.1, -0.05) is 18.5 Å². The molecule has 2 rings (SSSR count). The summed E-state index contributed by atoms with van der Waals surface area (Å²) < 4.78 is 31.2. The first-order valence-corrected chi connectivity index (χ1v) is 6.59. The molecule has 1 heterocycles. The maximum Gasteiger partial charge on any atom is 0.228 e. The summed E-state index contributed by atoms with van der Waals surface area (Å²) in [5, 5.41) is 6.98. The van der Waals surface area contributed by atoms with E-state index >= 15 is 0 Å². The second-order valence-corrected chi connectivity index (χ2v) is 4.62. The lowest BCUT2D eigenvalue weighted by molar-refractivity contribution is 0.356. The molecular formula is C14H17F2N3O. The highest BCUT2D eigenvalue weighted by Crippen LogP contribution is 2.19. The van der Waals surface area contributed by atoms with E-state index in [2.05, 4.69) is 22.4 Å². The van der Waals surface area contributed by atoms with Crippen LogP contribution in [0.25, 0.3) is 11.4 Å². The van der Waals surface area contributed by atoms with E-state index < -0.39 is 11.6 Å². The van der Waals surface area contributed by atoms with Gasteiger partial charge in [0.25, 0.3) is 0 Å². The lowest BCUT2D eigenvalue weighted by Crippen LogP contribution is -2.27. The minimum atomic E-state index is -0.923. The van der Waals surface area contributed by atoms with Gasteiger partial charge in [-0.05, 0) is 31.7 Å². The first-order chi connectivity index (χ1) is 9.63. The van der Waals surface area contributed by atoms with Crippen LogP contribution >= 0.6 is 0 Å². The summed E-state index contributed by atoms with van der Waals surface area (Å²) in [6, 6.07) is 3.80. The fourth-order valence-corrected chi connectivity index (χ4v) is 2.00. The third kappa shape index (κ3) is 3.39. The maximum atomic E-state index is 13.2. The van der Waals surface area contributed by atoms with E-state index in [1.807, 2.05) is 7.05 Å². The van der Waals surface area contributed by atoms with Crippen molar-refractivity contribution in [1.29, 1.82) is 0 Å². The summed E-state index contributed by atoms with van der Waals surface area (Å²) >= 11 is 0. The molecule has 0 radical (unpaired) electrons. The standard InChI is InChI=1S/C14H17F2N3O/c1-3-4-10(17-2)8-13-18-14(19-20-13)9-5-6-11(15)12(16)7-9/h5-7,10,17H,3-4,8H2,1-2H3. The Bertz CT molecular complexity index is 571. The molecule has 108 valence electrons. The maximum absolute atomic E-state index is 13.2. The smallest absolute Gasteiger partial charge is 0.228 e. The fraction of sp³-hybridized carbons (Fsp3) is 0.429. The molecule has 6 heteroatoms. The van der Waals surface area contributed by atoms with Crippen LogP contribution in [0.4, 0.5) is 8.78 Å². The van der Waals surface area contributed by atoms with Crippen LogP contribution in [-0.4, -0.2) is 23.2 Å². The average molecular weight is 281 g/mol. The zero-order chi connectivity index (χ0) is 14.5. The van der Waals surface area contributed by atoms with Crippen molar-refractivity contribution in [3.05, 3.63) is 35.7 Å². The lowest BCUT2D eigenvalue weighted by Gasteiger charge is -2.11. The molecule has 0 saturated carbocycles. The Labute approximate surface area is 116 Å². The second-order valence-electron chi connectivity index (χ2n) is 4.62. The SMILES string of the molecule is CCCC(Cc1nc(-c2ccc(F)c(F)c2)no1)NC. The van der Waals surface area contributed by atoms with Crippen molar-refractivity contribution in [1.82, 2.24) is 15.5 Å². The minimum Gasteiger partial charge on any atom is -0.339 e. The van der Waals surface area contributed by atoms with Gasteiger partial charge in [0.2, 0.25) is 11.7 Å². The number of hydrogen-bond donors (Lipinski definition) is 1. The van der Waals surface area contributed by atoms with Crippen LogP contribution < -0.4 is 5.32 Å². The number of halogens is 2. The molecule has 0 aliphatic heterocycles. The lowest BCUT2D eigenvalue weighted by atomic mass is 10.1. The van der Waals surface area contributed by atoms with E-state index in [-0.39, 0.29) is 11.9 Å². The van der Waals surface area contributed by atoms with Gasteiger partial charge in [-0.25, -0.2) is 8.78 Å². The molecule has 0 aliphatic rings. The molecule has 1 aromatic heterocycles. The quantitative estimate of drug-likeness (QED) is 0.884. The van der Waals surface area contributed by atoms with E-state index in [0.29, 0.717) is 17.9 Å². The summed E-state index contributed by atoms with van der Waals surface area (Å²) in [5.74, 6) is -1.06. The highest BCUT2D eigenvalue weighted by Gasteiger charge is 2.14. The van der Waals surface area contributed by atoms with E-state index in [1.54, 1.807) is 0 Å². The van der Waals surface area contributed by atoms with Gasteiger partial charge in [-0.3, -0.25) is 0 Å². The number of aromatic nitrogens is 2. The highest BCUT2D eigenvalue weighted by molar-refractivity contribution is 5.54. The van der Waals surface area contributed by atoms with Crippen molar-refractivity contribution >= 4 is 0 Å². The van der Waals surface area contributed by atoms with E-state index in [0.717, 1.165) is 25.0 Å². The van der Waals surface area contributed by atoms with Crippen LogP contribution in [-0.2, 0) is 6.42 Å². The summed E-state index contributed by atoms with van der Waals surface area (Å²) in [7, 11) is 1.88. The Hall–Kier alpha value is -1.82. The van der Waals surface area contributed by atoms with Crippen molar-refractivity contribution < 1.29 is 13.3 Å². The number of hydrogen-bond acceptors (Lipinski definition) is 4. The Kier molecular flexibility index (Phi) is 4.79. The van der Waals surface area contributed by atoms with Gasteiger partial charge < -0.3 is 9.84 Å². The van der Waals surface area contributed by atoms with Gasteiger partial charge in [0.15, 0.2) is 11.6 Å². The fourth-order valence-electron chi connectivity index (χ4n) is 2.00. The third-order valence-electron chi connectivity index (χ3n) is 3.11. The molecule has 4 nitrogen and oxygen atoms in total. The molecule has 0 aliphatic carbocycles. The zero-order valence-corrected chi connectivity index (χ0v) is 11.5. The molecule has 1 aromatic carbocycles. The molecule has 0 saturated heterocycles. The van der Waals surface area contributed by atoms with Gasteiger partial charge in [-0.15, -0.1) is 0 Å². The third-order valence-corrected chi connectivity index (χ3v) is 3.11. The first-order valence-electron chi connectivity index (χ1n) is 6.59. The Balaban J connectivity index is 2.13. The van der Waals surface area contributed by atoms with Crippen LogP contribution in [0.5, 0.6) is 0 Å². The van der Waals surface area contributed by atoms with Crippen LogP contribution in [0.2, 0.25) is 0 Å². The molecule has 0 spiro atoms. The largest absolute Gasteiger partial charge is 0.339 e. The summed E-state index contributed by atoms with van der Waals surface area (Å²) in [6.45, 7) is 2.10. The minimum absolute atomic E-state index is 0.262. The van der Waals surface area contributed by atoms with E-state index in [9.17, 15) is 8.78 Å². The highest BCUT2D eigenvalue weighted by atomic mass is 19.2. The molecular weight excluding hydrogens is 264 g/mol. The molecule has 1 unspecified atom stereocenters. The Morgan fingerprint density at radius 1 is 1.30 bits per heavy atom. The van der Waals surface area contributed by atoms with Gasteiger partial charge in [-0.2, -0.15) is 4.98 Å². The van der Waals surface area contributed by atoms with Gasteiger partial charge in [0.05, 0.1) is 0 Å². The number of benzene rings is 1. The second kappa shape index (κ2) is 6.56. The first kappa shape index (κ1) is 14.6. The van der Waals surface area contributed by atoms with Gasteiger partial charge in [0.1, 0.15) is 0 Å². The number of nitrogens with one attached hydrogen (secondary N) is 1. The molecule has 1 atom stereocenters. The normalized spacial score (nSPS) is 12.6. The summed E-state index contributed by atoms with van der Waals surface area (Å²) in [5.41, 5.74) is 0.399. The number of nitrogens with zero attached hydrogens (tertiary/aromatic N) is 2. The van der Waals surface area contributed by atoms with E-state index in [4.69, 9.17) is 4.52 Å². The number of likely N-dealkylation sites (N-methyl/N-ethyl adjacent to an activating group) is 1. The topological polar surface area (TPSA) is 51.0 Å². The monoisotopic (exact) mass is 281 g/mol. The Morgan fingerprint density at radius 3 is 2.75 bits per heavy atom. The predicted octanol–water partition coefficient (Wildman–Crippen LogP) is 2.95.